The van der Waals surface area contributed by atoms with Crippen LogP contribution in [-0.4, -0.2) is 62.2 Å². The minimum absolute atomic E-state index is 0. The first kappa shape index (κ1) is 24.3. The van der Waals surface area contributed by atoms with Crippen LogP contribution in [0.25, 0.3) is 0 Å². The van der Waals surface area contributed by atoms with E-state index in [-0.39, 0.29) is 35.8 Å². The number of halogens is 2. The van der Waals surface area contributed by atoms with E-state index in [4.69, 9.17) is 0 Å². The van der Waals surface area contributed by atoms with Gasteiger partial charge < -0.3 is 20.4 Å². The fraction of sp³-hybridized carbons (Fsp3) is 0.455. The summed E-state index contributed by atoms with van der Waals surface area (Å²) >= 11 is 0. The SMILES string of the molecule is CN=C(NCCCN(C)Cc1ccccc1)NC1CCN(c2ncccc2F)C1.I. The molecule has 164 valence electrons. The van der Waals surface area contributed by atoms with Gasteiger partial charge in [0.05, 0.1) is 0 Å². The Morgan fingerprint density at radius 2 is 2.07 bits per heavy atom. The molecular weight excluding hydrogens is 494 g/mol. The topological polar surface area (TPSA) is 55.8 Å². The lowest BCUT2D eigenvalue weighted by Gasteiger charge is -2.20. The van der Waals surface area contributed by atoms with Gasteiger partial charge in [-0.25, -0.2) is 9.37 Å². The van der Waals surface area contributed by atoms with E-state index in [1.807, 2.05) is 11.0 Å². The van der Waals surface area contributed by atoms with E-state index < -0.39 is 0 Å². The lowest BCUT2D eigenvalue weighted by molar-refractivity contribution is 0.322. The number of aromatic nitrogens is 1. The van der Waals surface area contributed by atoms with Crippen LogP contribution in [0.1, 0.15) is 18.4 Å². The number of nitrogens with one attached hydrogen (secondary N) is 2. The van der Waals surface area contributed by atoms with Crippen LogP contribution in [0.15, 0.2) is 53.7 Å². The van der Waals surface area contributed by atoms with Crippen LogP contribution in [0.4, 0.5) is 10.2 Å². The Morgan fingerprint density at radius 3 is 2.80 bits per heavy atom. The van der Waals surface area contributed by atoms with Crippen LogP contribution in [0.2, 0.25) is 0 Å². The Labute approximate surface area is 196 Å². The van der Waals surface area contributed by atoms with Gasteiger partial charge in [-0.1, -0.05) is 30.3 Å². The van der Waals surface area contributed by atoms with Crippen molar-refractivity contribution in [3.05, 3.63) is 60.0 Å². The van der Waals surface area contributed by atoms with Crippen molar-refractivity contribution in [2.75, 3.05) is 45.2 Å². The second kappa shape index (κ2) is 12.7. The lowest BCUT2D eigenvalue weighted by atomic mass is 10.2. The summed E-state index contributed by atoms with van der Waals surface area (Å²) in [5.74, 6) is 0.959. The summed E-state index contributed by atoms with van der Waals surface area (Å²) in [6.45, 7) is 4.32. The minimum Gasteiger partial charge on any atom is -0.356 e. The first-order valence-electron chi connectivity index (χ1n) is 10.2. The fourth-order valence-corrected chi connectivity index (χ4v) is 3.60. The van der Waals surface area contributed by atoms with Gasteiger partial charge in [-0.3, -0.25) is 4.99 Å². The van der Waals surface area contributed by atoms with Gasteiger partial charge in [-0.2, -0.15) is 0 Å². The van der Waals surface area contributed by atoms with Crippen LogP contribution in [0.5, 0.6) is 0 Å². The summed E-state index contributed by atoms with van der Waals surface area (Å²) in [4.78, 5) is 12.8. The number of anilines is 1. The molecule has 6 nitrogen and oxygen atoms in total. The maximum atomic E-state index is 13.9. The molecular formula is C22H32FIN6. The molecule has 1 saturated heterocycles. The van der Waals surface area contributed by atoms with E-state index in [1.165, 1.54) is 11.6 Å². The van der Waals surface area contributed by atoms with Gasteiger partial charge in [0.25, 0.3) is 0 Å². The molecule has 2 N–H and O–H groups in total. The minimum atomic E-state index is -0.268. The van der Waals surface area contributed by atoms with Gasteiger partial charge in [-0.15, -0.1) is 24.0 Å². The molecule has 1 aromatic heterocycles. The first-order chi connectivity index (χ1) is 14.2. The highest BCUT2D eigenvalue weighted by atomic mass is 127. The lowest BCUT2D eigenvalue weighted by Crippen LogP contribution is -2.45. The second-order valence-electron chi connectivity index (χ2n) is 7.46. The Hall–Kier alpha value is -1.94. The highest BCUT2D eigenvalue weighted by molar-refractivity contribution is 14.0. The van der Waals surface area contributed by atoms with Crippen molar-refractivity contribution in [2.24, 2.45) is 4.99 Å². The number of nitrogens with zero attached hydrogens (tertiary/aromatic N) is 4. The van der Waals surface area contributed by atoms with Gasteiger partial charge in [0.2, 0.25) is 0 Å². The molecule has 1 fully saturated rings. The predicted octanol–water partition coefficient (Wildman–Crippen LogP) is 3.10. The molecule has 1 aliphatic heterocycles. The second-order valence-corrected chi connectivity index (χ2v) is 7.46. The molecule has 2 aromatic rings. The molecule has 30 heavy (non-hydrogen) atoms. The van der Waals surface area contributed by atoms with Gasteiger partial charge in [0, 0.05) is 45.5 Å². The Balaban J connectivity index is 0.00000320. The molecule has 0 amide bonds. The van der Waals surface area contributed by atoms with Crippen molar-refractivity contribution in [3.63, 3.8) is 0 Å². The zero-order chi connectivity index (χ0) is 20.5. The zero-order valence-electron chi connectivity index (χ0n) is 17.7. The number of aliphatic imine (C=N–C) groups is 1. The molecule has 1 unspecified atom stereocenters. The van der Waals surface area contributed by atoms with Gasteiger partial charge in [0.1, 0.15) is 0 Å². The molecule has 0 aliphatic carbocycles. The third kappa shape index (κ3) is 7.39. The summed E-state index contributed by atoms with van der Waals surface area (Å²) < 4.78 is 13.9. The molecule has 0 spiro atoms. The van der Waals surface area contributed by atoms with Crippen molar-refractivity contribution in [1.82, 2.24) is 20.5 Å². The normalized spacial score (nSPS) is 16.5. The number of hydrogen-bond donors (Lipinski definition) is 2. The van der Waals surface area contributed by atoms with E-state index >= 15 is 0 Å². The van der Waals surface area contributed by atoms with Crippen molar-refractivity contribution in [1.29, 1.82) is 0 Å². The number of hydrogen-bond acceptors (Lipinski definition) is 4. The molecule has 0 bridgehead atoms. The molecule has 1 aromatic carbocycles. The maximum absolute atomic E-state index is 13.9. The quantitative estimate of drug-likeness (QED) is 0.240. The van der Waals surface area contributed by atoms with Crippen LogP contribution < -0.4 is 15.5 Å². The average molecular weight is 526 g/mol. The van der Waals surface area contributed by atoms with E-state index in [0.29, 0.717) is 12.4 Å². The molecule has 3 rings (SSSR count). The van der Waals surface area contributed by atoms with Crippen molar-refractivity contribution in [2.45, 2.75) is 25.4 Å². The summed E-state index contributed by atoms with van der Waals surface area (Å²) in [6, 6.07) is 13.8. The van der Waals surface area contributed by atoms with Crippen LogP contribution in [0, 0.1) is 5.82 Å². The van der Waals surface area contributed by atoms with E-state index in [1.54, 1.807) is 19.3 Å². The Kier molecular flexibility index (Phi) is 10.3. The van der Waals surface area contributed by atoms with Gasteiger partial charge in [-0.05, 0) is 44.1 Å². The van der Waals surface area contributed by atoms with Crippen molar-refractivity contribution in [3.8, 4) is 0 Å². The molecule has 1 atom stereocenters. The summed E-state index contributed by atoms with van der Waals surface area (Å²) in [5.41, 5.74) is 1.33. The molecule has 0 radical (unpaired) electrons. The summed E-state index contributed by atoms with van der Waals surface area (Å²) in [5, 5.41) is 6.83. The van der Waals surface area contributed by atoms with Gasteiger partial charge in [0.15, 0.2) is 17.6 Å². The van der Waals surface area contributed by atoms with E-state index in [0.717, 1.165) is 45.0 Å². The first-order valence-corrected chi connectivity index (χ1v) is 10.2. The highest BCUT2D eigenvalue weighted by Gasteiger charge is 2.25. The molecule has 2 heterocycles. The monoisotopic (exact) mass is 526 g/mol. The third-order valence-corrected chi connectivity index (χ3v) is 5.10. The highest BCUT2D eigenvalue weighted by Crippen LogP contribution is 2.20. The number of guanidine groups is 1. The standard InChI is InChI=1S/C22H31FN6.HI/c1-24-22(26-13-7-14-28(2)16-18-8-4-3-5-9-18)27-19-11-15-29(17-19)21-20(23)10-6-12-25-21;/h3-6,8-10,12,19H,7,11,13-17H2,1-2H3,(H2,24,26,27);1H. The Bertz CT molecular complexity index is 788. The van der Waals surface area contributed by atoms with Crippen LogP contribution >= 0.6 is 24.0 Å². The van der Waals surface area contributed by atoms with Crippen LogP contribution in [0.3, 0.4) is 0 Å². The largest absolute Gasteiger partial charge is 0.356 e. The summed E-state index contributed by atoms with van der Waals surface area (Å²) in [6.07, 6.45) is 3.59. The zero-order valence-corrected chi connectivity index (χ0v) is 20.1. The summed E-state index contributed by atoms with van der Waals surface area (Å²) in [7, 11) is 3.92. The third-order valence-electron chi connectivity index (χ3n) is 5.10. The smallest absolute Gasteiger partial charge is 0.191 e. The molecule has 0 saturated carbocycles. The van der Waals surface area contributed by atoms with Crippen LogP contribution in [-0.2, 0) is 6.54 Å². The predicted molar refractivity (Wildman–Crippen MR) is 132 cm³/mol. The fourth-order valence-electron chi connectivity index (χ4n) is 3.60. The molecule has 8 heteroatoms. The number of pyridine rings is 1. The number of benzene rings is 1. The number of rotatable bonds is 8. The molecule has 1 aliphatic rings. The average Bonchev–Trinajstić information content (AvgIpc) is 3.19. The maximum Gasteiger partial charge on any atom is 0.191 e. The van der Waals surface area contributed by atoms with E-state index in [9.17, 15) is 4.39 Å². The van der Waals surface area contributed by atoms with Gasteiger partial charge >= 0.3 is 0 Å². The Morgan fingerprint density at radius 1 is 1.27 bits per heavy atom. The van der Waals surface area contributed by atoms with Crippen molar-refractivity contribution >= 4 is 35.8 Å². The van der Waals surface area contributed by atoms with Crippen molar-refractivity contribution < 1.29 is 4.39 Å². The van der Waals surface area contributed by atoms with E-state index in [2.05, 4.69) is 56.8 Å².